The van der Waals surface area contributed by atoms with Gasteiger partial charge in [-0.1, -0.05) is 43.3 Å². The fraction of sp³-hybridized carbons (Fsp3) is 0.519. The highest BCUT2D eigenvalue weighted by molar-refractivity contribution is 5.90. The van der Waals surface area contributed by atoms with Gasteiger partial charge in [-0.2, -0.15) is 0 Å². The lowest BCUT2D eigenvalue weighted by molar-refractivity contribution is 0.0831. The van der Waals surface area contributed by atoms with Crippen LogP contribution in [0.5, 0.6) is 5.75 Å². The minimum atomic E-state index is -0.0638. The number of urea groups is 1. The SMILES string of the molecule is CCOc1ccccc1CN(C(=O)Nc1ccccc1CC)C1CC(C)(C)NC(C)(C)C1. The van der Waals surface area contributed by atoms with E-state index < -0.39 is 0 Å². The molecular weight excluding hydrogens is 398 g/mol. The van der Waals surface area contributed by atoms with Crippen molar-refractivity contribution in [3.63, 3.8) is 0 Å². The number of carbonyl (C=O) groups excluding carboxylic acids is 1. The summed E-state index contributed by atoms with van der Waals surface area (Å²) in [6.45, 7) is 14.1. The van der Waals surface area contributed by atoms with Crippen molar-refractivity contribution in [2.24, 2.45) is 0 Å². The van der Waals surface area contributed by atoms with Gasteiger partial charge in [-0.15, -0.1) is 0 Å². The molecule has 2 amide bonds. The summed E-state index contributed by atoms with van der Waals surface area (Å²) in [6, 6.07) is 16.1. The van der Waals surface area contributed by atoms with Crippen LogP contribution in [-0.4, -0.2) is 34.7 Å². The molecule has 1 fully saturated rings. The molecular formula is C27H39N3O2. The Kier molecular flexibility index (Phi) is 7.50. The molecule has 0 spiro atoms. The molecule has 0 bridgehead atoms. The molecule has 0 aromatic heterocycles. The van der Waals surface area contributed by atoms with Gasteiger partial charge in [0.2, 0.25) is 0 Å². The summed E-state index contributed by atoms with van der Waals surface area (Å²) in [4.78, 5) is 15.7. The van der Waals surface area contributed by atoms with Crippen molar-refractivity contribution in [3.05, 3.63) is 59.7 Å². The molecule has 0 saturated carbocycles. The second-order valence-corrected chi connectivity index (χ2v) is 10.1. The Labute approximate surface area is 193 Å². The summed E-state index contributed by atoms with van der Waals surface area (Å²) in [5.41, 5.74) is 2.93. The highest BCUT2D eigenvalue weighted by Gasteiger charge is 2.41. The number of rotatable bonds is 7. The molecule has 0 aliphatic carbocycles. The van der Waals surface area contributed by atoms with Crippen LogP contribution < -0.4 is 15.4 Å². The predicted molar refractivity (Wildman–Crippen MR) is 132 cm³/mol. The molecule has 174 valence electrons. The summed E-state index contributed by atoms with van der Waals surface area (Å²) in [5, 5.41) is 6.95. The fourth-order valence-corrected chi connectivity index (χ4v) is 5.11. The van der Waals surface area contributed by atoms with E-state index in [9.17, 15) is 4.79 Å². The maximum atomic E-state index is 13.7. The molecule has 3 rings (SSSR count). The molecule has 5 heteroatoms. The van der Waals surface area contributed by atoms with Gasteiger partial charge in [-0.05, 0) is 71.6 Å². The Bertz CT molecular complexity index is 907. The average molecular weight is 438 g/mol. The van der Waals surface area contributed by atoms with E-state index in [0.29, 0.717) is 13.2 Å². The molecule has 1 heterocycles. The topological polar surface area (TPSA) is 53.6 Å². The van der Waals surface area contributed by atoms with Crippen LogP contribution in [0.3, 0.4) is 0 Å². The first-order valence-electron chi connectivity index (χ1n) is 11.8. The van der Waals surface area contributed by atoms with E-state index in [4.69, 9.17) is 4.74 Å². The molecule has 2 aromatic rings. The number of hydrogen-bond acceptors (Lipinski definition) is 3. The Hall–Kier alpha value is -2.53. The number of amides is 2. The van der Waals surface area contributed by atoms with E-state index in [1.54, 1.807) is 0 Å². The van der Waals surface area contributed by atoms with Gasteiger partial charge in [-0.3, -0.25) is 0 Å². The zero-order valence-electron chi connectivity index (χ0n) is 20.5. The number of aryl methyl sites for hydroxylation is 1. The van der Waals surface area contributed by atoms with Crippen molar-refractivity contribution >= 4 is 11.7 Å². The lowest BCUT2D eigenvalue weighted by Gasteiger charge is -2.49. The van der Waals surface area contributed by atoms with Crippen LogP contribution in [0.25, 0.3) is 0 Å². The van der Waals surface area contributed by atoms with Gasteiger partial charge in [0.25, 0.3) is 0 Å². The third-order valence-corrected chi connectivity index (χ3v) is 6.12. The second-order valence-electron chi connectivity index (χ2n) is 10.1. The molecule has 0 unspecified atom stereocenters. The molecule has 1 saturated heterocycles. The van der Waals surface area contributed by atoms with E-state index in [0.717, 1.165) is 41.8 Å². The Morgan fingerprint density at radius 1 is 1.00 bits per heavy atom. The molecule has 5 nitrogen and oxygen atoms in total. The van der Waals surface area contributed by atoms with Crippen LogP contribution in [0.1, 0.15) is 65.5 Å². The van der Waals surface area contributed by atoms with Crippen LogP contribution in [0.15, 0.2) is 48.5 Å². The van der Waals surface area contributed by atoms with Crippen molar-refractivity contribution in [1.82, 2.24) is 10.2 Å². The minimum Gasteiger partial charge on any atom is -0.494 e. The van der Waals surface area contributed by atoms with Gasteiger partial charge < -0.3 is 20.3 Å². The number of nitrogens with zero attached hydrogens (tertiary/aromatic N) is 1. The highest BCUT2D eigenvalue weighted by atomic mass is 16.5. The smallest absolute Gasteiger partial charge is 0.322 e. The summed E-state index contributed by atoms with van der Waals surface area (Å²) in [6.07, 6.45) is 2.64. The van der Waals surface area contributed by atoms with Crippen molar-refractivity contribution in [2.45, 2.75) is 84.5 Å². The zero-order chi connectivity index (χ0) is 23.4. The number of para-hydroxylation sites is 2. The highest BCUT2D eigenvalue weighted by Crippen LogP contribution is 2.34. The summed E-state index contributed by atoms with van der Waals surface area (Å²) in [7, 11) is 0. The predicted octanol–water partition coefficient (Wildman–Crippen LogP) is 5.99. The Morgan fingerprint density at radius 2 is 1.59 bits per heavy atom. The quantitative estimate of drug-likeness (QED) is 0.559. The number of ether oxygens (including phenoxy) is 1. The van der Waals surface area contributed by atoms with E-state index in [1.807, 2.05) is 48.2 Å². The summed E-state index contributed by atoms with van der Waals surface area (Å²) in [5.74, 6) is 0.842. The van der Waals surface area contributed by atoms with Gasteiger partial charge >= 0.3 is 6.03 Å². The van der Waals surface area contributed by atoms with Gasteiger partial charge in [0.15, 0.2) is 0 Å². The fourth-order valence-electron chi connectivity index (χ4n) is 5.11. The molecule has 0 radical (unpaired) electrons. The second kappa shape index (κ2) is 9.95. The van der Waals surface area contributed by atoms with Crippen molar-refractivity contribution < 1.29 is 9.53 Å². The monoisotopic (exact) mass is 437 g/mol. The third-order valence-electron chi connectivity index (χ3n) is 6.12. The first-order valence-corrected chi connectivity index (χ1v) is 11.8. The largest absolute Gasteiger partial charge is 0.494 e. The molecule has 32 heavy (non-hydrogen) atoms. The van der Waals surface area contributed by atoms with Gasteiger partial charge in [0.05, 0.1) is 13.2 Å². The molecule has 1 aliphatic heterocycles. The molecule has 0 atom stereocenters. The normalized spacial score (nSPS) is 17.6. The van der Waals surface area contributed by atoms with E-state index in [-0.39, 0.29) is 23.2 Å². The standard InChI is InChI=1S/C27H39N3O2/c1-7-20-13-9-11-15-23(20)28-25(31)30(19-21-14-10-12-16-24(21)32-8-2)22-17-26(3,4)29-27(5,6)18-22/h9-16,22,29H,7-8,17-19H2,1-6H3,(H,28,31). The summed E-state index contributed by atoms with van der Waals surface area (Å²) >= 11 is 0. The van der Waals surface area contributed by atoms with Crippen LogP contribution in [-0.2, 0) is 13.0 Å². The summed E-state index contributed by atoms with van der Waals surface area (Å²) < 4.78 is 5.87. The first kappa shape index (κ1) is 24.1. The van der Waals surface area contributed by atoms with Crippen LogP contribution >= 0.6 is 0 Å². The lowest BCUT2D eigenvalue weighted by atomic mass is 9.79. The number of anilines is 1. The number of hydrogen-bond donors (Lipinski definition) is 2. The number of carbonyl (C=O) groups is 1. The van der Waals surface area contributed by atoms with Gasteiger partial charge in [-0.25, -0.2) is 4.79 Å². The lowest BCUT2D eigenvalue weighted by Crippen LogP contribution is -2.63. The number of piperidine rings is 1. The van der Waals surface area contributed by atoms with Crippen LogP contribution in [0, 0.1) is 0 Å². The van der Waals surface area contributed by atoms with E-state index in [1.165, 1.54) is 0 Å². The molecule has 2 N–H and O–H groups in total. The van der Waals surface area contributed by atoms with E-state index in [2.05, 4.69) is 57.4 Å². The third kappa shape index (κ3) is 6.04. The average Bonchev–Trinajstić information content (AvgIpc) is 2.71. The number of nitrogens with one attached hydrogen (secondary N) is 2. The van der Waals surface area contributed by atoms with Gasteiger partial charge in [0, 0.05) is 28.4 Å². The molecule has 1 aliphatic rings. The zero-order valence-corrected chi connectivity index (χ0v) is 20.5. The molecule has 2 aromatic carbocycles. The van der Waals surface area contributed by atoms with Crippen LogP contribution in [0.4, 0.5) is 10.5 Å². The van der Waals surface area contributed by atoms with E-state index >= 15 is 0 Å². The minimum absolute atomic E-state index is 0.0595. The maximum Gasteiger partial charge on any atom is 0.322 e. The first-order chi connectivity index (χ1) is 15.1. The number of benzene rings is 2. The van der Waals surface area contributed by atoms with Crippen molar-refractivity contribution in [3.8, 4) is 5.75 Å². The Morgan fingerprint density at radius 3 is 2.22 bits per heavy atom. The Balaban J connectivity index is 1.94. The van der Waals surface area contributed by atoms with Gasteiger partial charge in [0.1, 0.15) is 5.75 Å². The van der Waals surface area contributed by atoms with Crippen molar-refractivity contribution in [1.29, 1.82) is 0 Å². The van der Waals surface area contributed by atoms with Crippen LogP contribution in [0.2, 0.25) is 0 Å². The van der Waals surface area contributed by atoms with Crippen molar-refractivity contribution in [2.75, 3.05) is 11.9 Å². The maximum absolute atomic E-state index is 13.7.